The van der Waals surface area contributed by atoms with Crippen LogP contribution in [-0.4, -0.2) is 45.3 Å². The fourth-order valence-corrected chi connectivity index (χ4v) is 0.629. The quantitative estimate of drug-likeness (QED) is 0.429. The number of rotatable bonds is 5. The van der Waals surface area contributed by atoms with Crippen LogP contribution in [0.2, 0.25) is 0 Å². The number of amides is 1. The molecule has 2 atom stereocenters. The Balaban J connectivity index is 4.07. The number of hydrogen-bond donors (Lipinski definition) is 4. The maximum absolute atomic E-state index is 10.9. The maximum atomic E-state index is 10.9. The number of hydrogen-bond acceptors (Lipinski definition) is 4. The number of carbonyl (C=O) groups is 3. The van der Waals surface area contributed by atoms with E-state index in [0.717, 1.165) is 0 Å². The molecule has 0 aliphatic rings. The zero-order chi connectivity index (χ0) is 11.3. The van der Waals surface area contributed by atoms with Gasteiger partial charge in [0.05, 0.1) is 6.42 Å². The van der Waals surface area contributed by atoms with Crippen molar-refractivity contribution in [1.29, 1.82) is 0 Å². The summed E-state index contributed by atoms with van der Waals surface area (Å²) >= 11 is 0. The summed E-state index contributed by atoms with van der Waals surface area (Å²) in [4.78, 5) is 31.3. The largest absolute Gasteiger partial charge is 0.481 e. The van der Waals surface area contributed by atoms with Gasteiger partial charge in [-0.15, -0.1) is 0 Å². The van der Waals surface area contributed by atoms with Crippen molar-refractivity contribution in [2.45, 2.75) is 25.5 Å². The molecule has 0 aliphatic heterocycles. The SMILES string of the molecule is C[C@H](NC(=O)C(O)CC(=O)O)C(=O)O. The molecule has 1 amide bonds. The molecule has 0 aromatic heterocycles. The lowest BCUT2D eigenvalue weighted by Gasteiger charge is -2.12. The molecule has 4 N–H and O–H groups in total. The van der Waals surface area contributed by atoms with Gasteiger partial charge in [-0.3, -0.25) is 14.4 Å². The Morgan fingerprint density at radius 2 is 1.79 bits per heavy atom. The molecule has 0 rings (SSSR count). The fraction of sp³-hybridized carbons (Fsp3) is 0.571. The van der Waals surface area contributed by atoms with Gasteiger partial charge in [0.1, 0.15) is 12.1 Å². The number of nitrogens with one attached hydrogen (secondary N) is 1. The van der Waals surface area contributed by atoms with E-state index in [9.17, 15) is 14.4 Å². The van der Waals surface area contributed by atoms with Gasteiger partial charge in [0, 0.05) is 0 Å². The van der Waals surface area contributed by atoms with Crippen LogP contribution in [0, 0.1) is 0 Å². The van der Waals surface area contributed by atoms with Gasteiger partial charge in [0.25, 0.3) is 0 Å². The van der Waals surface area contributed by atoms with Gasteiger partial charge in [-0.1, -0.05) is 0 Å². The van der Waals surface area contributed by atoms with Crippen molar-refractivity contribution in [1.82, 2.24) is 5.32 Å². The standard InChI is InChI=1S/C7H11NO6/c1-3(7(13)14)8-6(12)4(9)2-5(10)11/h3-4,9H,2H2,1H3,(H,8,12)(H,10,11)(H,13,14)/t3-,4?/m0/s1. The van der Waals surface area contributed by atoms with Crippen LogP contribution in [0.4, 0.5) is 0 Å². The Morgan fingerprint density at radius 3 is 2.14 bits per heavy atom. The summed E-state index contributed by atoms with van der Waals surface area (Å²) in [6.07, 6.45) is -2.48. The van der Waals surface area contributed by atoms with Crippen molar-refractivity contribution in [2.75, 3.05) is 0 Å². The molecule has 0 radical (unpaired) electrons. The molecule has 0 saturated heterocycles. The van der Waals surface area contributed by atoms with E-state index < -0.39 is 36.4 Å². The van der Waals surface area contributed by atoms with Crippen molar-refractivity contribution < 1.29 is 29.7 Å². The van der Waals surface area contributed by atoms with Crippen molar-refractivity contribution in [3.05, 3.63) is 0 Å². The highest BCUT2D eigenvalue weighted by Gasteiger charge is 2.22. The lowest BCUT2D eigenvalue weighted by molar-refractivity contribution is -0.146. The third kappa shape index (κ3) is 4.41. The first-order chi connectivity index (χ1) is 6.34. The number of aliphatic hydroxyl groups excluding tert-OH is 1. The van der Waals surface area contributed by atoms with Gasteiger partial charge in [-0.25, -0.2) is 0 Å². The lowest BCUT2D eigenvalue weighted by Crippen LogP contribution is -2.44. The van der Waals surface area contributed by atoms with Crippen molar-refractivity contribution in [3.63, 3.8) is 0 Å². The summed E-state index contributed by atoms with van der Waals surface area (Å²) in [6.45, 7) is 1.20. The Kier molecular flexibility index (Phi) is 4.57. The zero-order valence-electron chi connectivity index (χ0n) is 7.43. The fourth-order valence-electron chi connectivity index (χ4n) is 0.629. The molecule has 7 heteroatoms. The molecule has 0 heterocycles. The molecular weight excluding hydrogens is 194 g/mol. The first-order valence-corrected chi connectivity index (χ1v) is 3.77. The normalized spacial score (nSPS) is 14.1. The topological polar surface area (TPSA) is 124 Å². The van der Waals surface area contributed by atoms with Gasteiger partial charge in [0.2, 0.25) is 5.91 Å². The molecule has 0 bridgehead atoms. The molecule has 0 aromatic rings. The van der Waals surface area contributed by atoms with Crippen molar-refractivity contribution in [3.8, 4) is 0 Å². The molecule has 0 saturated carbocycles. The summed E-state index contributed by atoms with van der Waals surface area (Å²) in [6, 6.07) is -1.16. The second-order valence-corrected chi connectivity index (χ2v) is 2.68. The van der Waals surface area contributed by atoms with Gasteiger partial charge in [0.15, 0.2) is 0 Å². The van der Waals surface area contributed by atoms with E-state index in [2.05, 4.69) is 0 Å². The summed E-state index contributed by atoms with van der Waals surface area (Å²) in [5.74, 6) is -3.61. The van der Waals surface area contributed by atoms with E-state index in [1.807, 2.05) is 5.32 Å². The Morgan fingerprint density at radius 1 is 1.29 bits per heavy atom. The van der Waals surface area contributed by atoms with Crippen LogP contribution in [0.5, 0.6) is 0 Å². The molecule has 0 spiro atoms. The lowest BCUT2D eigenvalue weighted by atomic mass is 10.2. The van der Waals surface area contributed by atoms with E-state index >= 15 is 0 Å². The molecule has 0 fully saturated rings. The van der Waals surface area contributed by atoms with E-state index in [1.54, 1.807) is 0 Å². The van der Waals surface area contributed by atoms with Gasteiger partial charge in [-0.05, 0) is 6.92 Å². The highest BCUT2D eigenvalue weighted by molar-refractivity contribution is 5.88. The summed E-state index contributed by atoms with van der Waals surface area (Å²) < 4.78 is 0. The molecule has 80 valence electrons. The first-order valence-electron chi connectivity index (χ1n) is 3.77. The molecule has 1 unspecified atom stereocenters. The molecule has 7 nitrogen and oxygen atoms in total. The Hall–Kier alpha value is -1.63. The van der Waals surface area contributed by atoms with Crippen LogP contribution < -0.4 is 5.32 Å². The Labute approximate surface area is 79.3 Å². The van der Waals surface area contributed by atoms with Crippen LogP contribution in [0.1, 0.15) is 13.3 Å². The van der Waals surface area contributed by atoms with Crippen molar-refractivity contribution >= 4 is 17.8 Å². The highest BCUT2D eigenvalue weighted by Crippen LogP contribution is 1.93. The van der Waals surface area contributed by atoms with Gasteiger partial charge >= 0.3 is 11.9 Å². The molecule has 14 heavy (non-hydrogen) atoms. The van der Waals surface area contributed by atoms with Gasteiger partial charge < -0.3 is 20.6 Å². The van der Waals surface area contributed by atoms with E-state index in [0.29, 0.717) is 0 Å². The minimum absolute atomic E-state index is 0.752. The smallest absolute Gasteiger partial charge is 0.325 e. The summed E-state index contributed by atoms with van der Waals surface area (Å²) in [7, 11) is 0. The van der Waals surface area contributed by atoms with Crippen LogP contribution in [0.15, 0.2) is 0 Å². The monoisotopic (exact) mass is 205 g/mol. The Bertz CT molecular complexity index is 251. The first kappa shape index (κ1) is 12.4. The molecule has 0 aromatic carbocycles. The zero-order valence-corrected chi connectivity index (χ0v) is 7.43. The number of carbonyl (C=O) groups excluding carboxylic acids is 1. The van der Waals surface area contributed by atoms with E-state index in [1.165, 1.54) is 6.92 Å². The molecule has 0 aliphatic carbocycles. The average molecular weight is 205 g/mol. The number of carboxylic acid groups (broad SMARTS) is 2. The van der Waals surface area contributed by atoms with E-state index in [4.69, 9.17) is 15.3 Å². The summed E-state index contributed by atoms with van der Waals surface area (Å²) in [5.41, 5.74) is 0. The van der Waals surface area contributed by atoms with E-state index in [-0.39, 0.29) is 0 Å². The maximum Gasteiger partial charge on any atom is 0.325 e. The predicted molar refractivity (Wildman–Crippen MR) is 43.5 cm³/mol. The third-order valence-electron chi connectivity index (χ3n) is 1.40. The number of carboxylic acids is 2. The second-order valence-electron chi connectivity index (χ2n) is 2.68. The minimum Gasteiger partial charge on any atom is -0.481 e. The van der Waals surface area contributed by atoms with Crippen molar-refractivity contribution in [2.24, 2.45) is 0 Å². The number of aliphatic carboxylic acids is 2. The van der Waals surface area contributed by atoms with Crippen LogP contribution >= 0.6 is 0 Å². The van der Waals surface area contributed by atoms with Crippen LogP contribution in [0.3, 0.4) is 0 Å². The number of aliphatic hydroxyl groups is 1. The van der Waals surface area contributed by atoms with Gasteiger partial charge in [-0.2, -0.15) is 0 Å². The van der Waals surface area contributed by atoms with Crippen LogP contribution in [-0.2, 0) is 14.4 Å². The van der Waals surface area contributed by atoms with Crippen LogP contribution in [0.25, 0.3) is 0 Å². The third-order valence-corrected chi connectivity index (χ3v) is 1.40. The summed E-state index contributed by atoms with van der Waals surface area (Å²) in [5, 5.41) is 27.5. The average Bonchev–Trinajstić information content (AvgIpc) is 2.02. The predicted octanol–water partition coefficient (Wildman–Crippen LogP) is -1.59. The highest BCUT2D eigenvalue weighted by atomic mass is 16.4. The minimum atomic E-state index is -1.73. The second kappa shape index (κ2) is 5.18. The molecular formula is C7H11NO6.